The van der Waals surface area contributed by atoms with Gasteiger partial charge in [-0.05, 0) is 12.0 Å². The van der Waals surface area contributed by atoms with Gasteiger partial charge in [-0.1, -0.05) is 20.4 Å². The Kier molecular flexibility index (Phi) is 4.54. The van der Waals surface area contributed by atoms with Gasteiger partial charge in [-0.25, -0.2) is 0 Å². The molecular weight excluding hydrogens is 140 g/mol. The monoisotopic (exact) mass is 156 g/mol. The first-order valence-corrected chi connectivity index (χ1v) is 3.73. The summed E-state index contributed by atoms with van der Waals surface area (Å²) >= 11 is 0. The Bertz CT molecular complexity index is 143. The molecule has 0 bridgehead atoms. The lowest BCUT2D eigenvalue weighted by Gasteiger charge is -2.14. The van der Waals surface area contributed by atoms with Crippen LogP contribution in [-0.2, 0) is 4.79 Å². The zero-order chi connectivity index (χ0) is 8.85. The molecular formula is C8H16N2O. The van der Waals surface area contributed by atoms with E-state index in [0.29, 0.717) is 12.5 Å². The van der Waals surface area contributed by atoms with Gasteiger partial charge >= 0.3 is 0 Å². The Morgan fingerprint density at radius 3 is 2.64 bits per heavy atom. The predicted octanol–water partition coefficient (Wildman–Crippen LogP) is 0.272. The van der Waals surface area contributed by atoms with Crippen LogP contribution in [-0.4, -0.2) is 18.5 Å². The Balaban J connectivity index is 3.53. The molecule has 0 aliphatic heterocycles. The number of hydrogen-bond acceptors (Lipinski definition) is 2. The van der Waals surface area contributed by atoms with Gasteiger partial charge < -0.3 is 11.1 Å². The molecule has 3 nitrogen and oxygen atoms in total. The van der Waals surface area contributed by atoms with Crippen molar-refractivity contribution in [1.82, 2.24) is 5.32 Å². The average Bonchev–Trinajstić information content (AvgIpc) is 1.99. The molecule has 0 fully saturated rings. The molecule has 0 rings (SSSR count). The van der Waals surface area contributed by atoms with Gasteiger partial charge in [-0.3, -0.25) is 4.79 Å². The number of nitrogens with two attached hydrogens (primary N) is 1. The van der Waals surface area contributed by atoms with Crippen LogP contribution in [0.1, 0.15) is 13.8 Å². The van der Waals surface area contributed by atoms with E-state index in [1.165, 1.54) is 6.08 Å². The number of hydrogen-bond donors (Lipinski definition) is 2. The second-order valence-corrected chi connectivity index (χ2v) is 2.86. The molecule has 0 heterocycles. The first kappa shape index (κ1) is 10.2. The number of carbonyl (C=O) groups is 1. The van der Waals surface area contributed by atoms with Crippen molar-refractivity contribution in [2.75, 3.05) is 6.54 Å². The lowest BCUT2D eigenvalue weighted by atomic mass is 10.1. The van der Waals surface area contributed by atoms with Gasteiger partial charge in [0.1, 0.15) is 0 Å². The third kappa shape index (κ3) is 4.56. The molecule has 0 saturated carbocycles. The van der Waals surface area contributed by atoms with Crippen LogP contribution in [0.25, 0.3) is 0 Å². The normalized spacial score (nSPS) is 12.7. The van der Waals surface area contributed by atoms with Crippen molar-refractivity contribution in [2.45, 2.75) is 19.9 Å². The highest BCUT2D eigenvalue weighted by molar-refractivity contribution is 5.86. The van der Waals surface area contributed by atoms with E-state index in [2.05, 4.69) is 11.9 Å². The lowest BCUT2D eigenvalue weighted by Crippen LogP contribution is -2.39. The van der Waals surface area contributed by atoms with Gasteiger partial charge in [-0.15, -0.1) is 0 Å². The summed E-state index contributed by atoms with van der Waals surface area (Å²) in [5.74, 6) is 0.223. The molecule has 1 unspecified atom stereocenters. The number of nitrogens with one attached hydrogen (secondary N) is 1. The van der Waals surface area contributed by atoms with E-state index in [1.54, 1.807) is 0 Å². The maximum atomic E-state index is 10.7. The van der Waals surface area contributed by atoms with Gasteiger partial charge in [0.05, 0.1) is 0 Å². The predicted molar refractivity (Wildman–Crippen MR) is 46.0 cm³/mol. The summed E-state index contributed by atoms with van der Waals surface area (Å²) in [6.07, 6.45) is 1.24. The Hall–Kier alpha value is -0.830. The maximum Gasteiger partial charge on any atom is 0.243 e. The molecule has 0 aliphatic carbocycles. The summed E-state index contributed by atoms with van der Waals surface area (Å²) in [7, 11) is 0. The maximum absolute atomic E-state index is 10.7. The summed E-state index contributed by atoms with van der Waals surface area (Å²) < 4.78 is 0. The highest BCUT2D eigenvalue weighted by atomic mass is 16.1. The van der Waals surface area contributed by atoms with E-state index in [9.17, 15) is 4.79 Å². The van der Waals surface area contributed by atoms with Crippen molar-refractivity contribution in [3.8, 4) is 0 Å². The molecule has 1 amide bonds. The quantitative estimate of drug-likeness (QED) is 0.574. The second-order valence-electron chi connectivity index (χ2n) is 2.86. The third-order valence-electron chi connectivity index (χ3n) is 1.55. The van der Waals surface area contributed by atoms with Crippen LogP contribution in [0.4, 0.5) is 0 Å². The van der Waals surface area contributed by atoms with Crippen LogP contribution in [0.5, 0.6) is 0 Å². The van der Waals surface area contributed by atoms with Crippen LogP contribution in [0.15, 0.2) is 12.7 Å². The van der Waals surface area contributed by atoms with Crippen LogP contribution in [0.2, 0.25) is 0 Å². The fourth-order valence-corrected chi connectivity index (χ4v) is 0.526. The van der Waals surface area contributed by atoms with Gasteiger partial charge in [0.15, 0.2) is 0 Å². The Morgan fingerprint density at radius 1 is 1.73 bits per heavy atom. The minimum absolute atomic E-state index is 0.0268. The lowest BCUT2D eigenvalue weighted by molar-refractivity contribution is -0.116. The fraction of sp³-hybridized carbons (Fsp3) is 0.625. The molecule has 0 aromatic carbocycles. The SMILES string of the molecule is C=CC(=O)NCC(N)C(C)C. The van der Waals surface area contributed by atoms with Crippen LogP contribution >= 0.6 is 0 Å². The molecule has 0 aromatic heterocycles. The van der Waals surface area contributed by atoms with Crippen molar-refractivity contribution in [1.29, 1.82) is 0 Å². The highest BCUT2D eigenvalue weighted by Crippen LogP contribution is 1.95. The van der Waals surface area contributed by atoms with Crippen molar-refractivity contribution < 1.29 is 4.79 Å². The molecule has 3 N–H and O–H groups in total. The highest BCUT2D eigenvalue weighted by Gasteiger charge is 2.06. The molecule has 0 aliphatic rings. The molecule has 11 heavy (non-hydrogen) atoms. The van der Waals surface area contributed by atoms with E-state index in [0.717, 1.165) is 0 Å². The third-order valence-corrected chi connectivity index (χ3v) is 1.55. The van der Waals surface area contributed by atoms with Crippen molar-refractivity contribution in [2.24, 2.45) is 11.7 Å². The number of amides is 1. The number of rotatable bonds is 4. The van der Waals surface area contributed by atoms with Crippen molar-refractivity contribution >= 4 is 5.91 Å². The topological polar surface area (TPSA) is 55.1 Å². The molecule has 0 spiro atoms. The fourth-order valence-electron chi connectivity index (χ4n) is 0.526. The smallest absolute Gasteiger partial charge is 0.243 e. The largest absolute Gasteiger partial charge is 0.351 e. The molecule has 0 saturated heterocycles. The van der Waals surface area contributed by atoms with Crippen LogP contribution in [0.3, 0.4) is 0 Å². The van der Waals surface area contributed by atoms with E-state index in [-0.39, 0.29) is 11.9 Å². The van der Waals surface area contributed by atoms with Gasteiger partial charge in [-0.2, -0.15) is 0 Å². The molecule has 3 heteroatoms. The van der Waals surface area contributed by atoms with Crippen molar-refractivity contribution in [3.63, 3.8) is 0 Å². The van der Waals surface area contributed by atoms with E-state index >= 15 is 0 Å². The van der Waals surface area contributed by atoms with Gasteiger partial charge in [0, 0.05) is 12.6 Å². The molecule has 64 valence electrons. The molecule has 0 radical (unpaired) electrons. The van der Waals surface area contributed by atoms with Gasteiger partial charge in [0.25, 0.3) is 0 Å². The number of carbonyl (C=O) groups excluding carboxylic acids is 1. The average molecular weight is 156 g/mol. The zero-order valence-corrected chi connectivity index (χ0v) is 7.13. The Morgan fingerprint density at radius 2 is 2.27 bits per heavy atom. The minimum atomic E-state index is -0.166. The van der Waals surface area contributed by atoms with E-state index in [1.807, 2.05) is 13.8 Å². The van der Waals surface area contributed by atoms with Crippen LogP contribution < -0.4 is 11.1 Å². The van der Waals surface area contributed by atoms with E-state index < -0.39 is 0 Å². The van der Waals surface area contributed by atoms with Gasteiger partial charge in [0.2, 0.25) is 5.91 Å². The van der Waals surface area contributed by atoms with Crippen LogP contribution in [0, 0.1) is 5.92 Å². The first-order chi connectivity index (χ1) is 5.07. The summed E-state index contributed by atoms with van der Waals surface area (Å²) in [5.41, 5.74) is 5.67. The Labute approximate surface area is 67.7 Å². The summed E-state index contributed by atoms with van der Waals surface area (Å²) in [5, 5.41) is 2.63. The molecule has 1 atom stereocenters. The first-order valence-electron chi connectivity index (χ1n) is 3.73. The second kappa shape index (κ2) is 4.91. The zero-order valence-electron chi connectivity index (χ0n) is 7.13. The summed E-state index contributed by atoms with van der Waals surface area (Å²) in [6, 6.07) is 0.0268. The molecule has 0 aromatic rings. The van der Waals surface area contributed by atoms with E-state index in [4.69, 9.17) is 5.73 Å². The standard InChI is InChI=1S/C8H16N2O/c1-4-8(11)10-5-7(9)6(2)3/h4,6-7H,1,5,9H2,2-3H3,(H,10,11). The van der Waals surface area contributed by atoms with Crippen molar-refractivity contribution in [3.05, 3.63) is 12.7 Å². The summed E-state index contributed by atoms with van der Waals surface area (Å²) in [6.45, 7) is 7.88. The summed E-state index contributed by atoms with van der Waals surface area (Å²) in [4.78, 5) is 10.7. The minimum Gasteiger partial charge on any atom is -0.351 e.